The van der Waals surface area contributed by atoms with Gasteiger partial charge in [0.25, 0.3) is 5.91 Å². The highest BCUT2D eigenvalue weighted by Crippen LogP contribution is 2.66. The van der Waals surface area contributed by atoms with Gasteiger partial charge in [0.05, 0.1) is 11.9 Å². The number of nitrogens with zero attached hydrogens (tertiary/aromatic N) is 2. The summed E-state index contributed by atoms with van der Waals surface area (Å²) in [5.74, 6) is 0.928. The second-order valence-electron chi connectivity index (χ2n) is 11.6. The first-order chi connectivity index (χ1) is 16.6. The molecule has 4 aliphatic rings. The van der Waals surface area contributed by atoms with Crippen LogP contribution in [0.25, 0.3) is 0 Å². The Morgan fingerprint density at radius 2 is 1.97 bits per heavy atom. The second-order valence-corrected chi connectivity index (χ2v) is 11.6. The highest BCUT2D eigenvalue weighted by molar-refractivity contribution is 5.95. The first-order valence-corrected chi connectivity index (χ1v) is 13.0. The van der Waals surface area contributed by atoms with E-state index in [0.29, 0.717) is 23.4 Å². The summed E-state index contributed by atoms with van der Waals surface area (Å²) < 4.78 is 5.72. The lowest BCUT2D eigenvalue weighted by molar-refractivity contribution is -0.162. The van der Waals surface area contributed by atoms with Crippen molar-refractivity contribution in [2.24, 2.45) is 34.5 Å². The number of pyridine rings is 1. The van der Waals surface area contributed by atoms with Crippen LogP contribution in [0.5, 0.6) is 0 Å². The zero-order valence-electron chi connectivity index (χ0n) is 21.2. The second kappa shape index (κ2) is 8.75. The Labute approximate surface area is 207 Å². The van der Waals surface area contributed by atoms with Crippen LogP contribution in [0.4, 0.5) is 5.69 Å². The number of carbonyl (C=O) groups excluding carboxylic acids is 3. The predicted molar refractivity (Wildman–Crippen MR) is 132 cm³/mol. The zero-order valence-corrected chi connectivity index (χ0v) is 21.2. The molecule has 8 atom stereocenters. The van der Waals surface area contributed by atoms with Crippen LogP contribution in [-0.4, -0.2) is 46.9 Å². The fourth-order valence-electron chi connectivity index (χ4n) is 8.42. The van der Waals surface area contributed by atoms with Gasteiger partial charge in [0.15, 0.2) is 6.10 Å². The molecular formula is C28H37N3O4. The molecule has 5 rings (SSSR count). The van der Waals surface area contributed by atoms with Crippen molar-refractivity contribution in [2.45, 2.75) is 71.4 Å². The van der Waals surface area contributed by atoms with E-state index < -0.39 is 12.1 Å². The van der Waals surface area contributed by atoms with Gasteiger partial charge in [-0.15, -0.1) is 0 Å². The third-order valence-electron chi connectivity index (χ3n) is 10.0. The predicted octanol–water partition coefficient (Wildman–Crippen LogP) is 4.21. The number of carbonyl (C=O) groups is 3. The molecular weight excluding hydrogens is 442 g/mol. The molecule has 0 saturated heterocycles. The Balaban J connectivity index is 1.40. The van der Waals surface area contributed by atoms with E-state index in [2.05, 4.69) is 30.2 Å². The molecule has 2 heterocycles. The van der Waals surface area contributed by atoms with Crippen LogP contribution in [-0.2, 0) is 19.1 Å². The van der Waals surface area contributed by atoms with E-state index in [1.807, 2.05) is 11.9 Å². The van der Waals surface area contributed by atoms with E-state index in [1.54, 1.807) is 30.6 Å². The summed E-state index contributed by atoms with van der Waals surface area (Å²) >= 11 is 0. The lowest BCUT2D eigenvalue weighted by atomic mass is 9.47. The maximum atomic E-state index is 13.4. The van der Waals surface area contributed by atoms with Gasteiger partial charge < -0.3 is 15.0 Å². The summed E-state index contributed by atoms with van der Waals surface area (Å²) in [7, 11) is 1.94. The summed E-state index contributed by atoms with van der Waals surface area (Å²) in [6.07, 6.45) is 12.5. The van der Waals surface area contributed by atoms with E-state index in [1.165, 1.54) is 6.92 Å². The highest BCUT2D eigenvalue weighted by atomic mass is 16.5. The number of hydrogen-bond donors (Lipinski definition) is 1. The van der Waals surface area contributed by atoms with E-state index in [0.717, 1.165) is 38.5 Å². The van der Waals surface area contributed by atoms with E-state index in [9.17, 15) is 14.4 Å². The van der Waals surface area contributed by atoms with Crippen molar-refractivity contribution in [3.8, 4) is 0 Å². The number of amides is 2. The molecule has 1 N–H and O–H groups in total. The summed E-state index contributed by atoms with van der Waals surface area (Å²) in [5, 5.41) is 2.92. The van der Waals surface area contributed by atoms with Crippen LogP contribution in [0.2, 0.25) is 0 Å². The minimum Gasteiger partial charge on any atom is -0.452 e. The Kier molecular flexibility index (Phi) is 6.01. The summed E-state index contributed by atoms with van der Waals surface area (Å²) in [4.78, 5) is 43.8. The highest BCUT2D eigenvalue weighted by Gasteiger charge is 2.62. The Morgan fingerprint density at radius 3 is 2.69 bits per heavy atom. The maximum Gasteiger partial charge on any atom is 0.303 e. The lowest BCUT2D eigenvalue weighted by Gasteiger charge is -2.60. The van der Waals surface area contributed by atoms with Crippen molar-refractivity contribution in [3.63, 3.8) is 0 Å². The van der Waals surface area contributed by atoms with Crippen molar-refractivity contribution in [1.29, 1.82) is 0 Å². The Bertz CT molecular complexity index is 1040. The van der Waals surface area contributed by atoms with Gasteiger partial charge in [0, 0.05) is 37.5 Å². The fraction of sp³-hybridized carbons (Fsp3) is 0.643. The molecule has 0 radical (unpaired) electrons. The number of ether oxygens (including phenoxy) is 1. The largest absolute Gasteiger partial charge is 0.452 e. The molecule has 2 amide bonds. The van der Waals surface area contributed by atoms with Crippen LogP contribution in [0.15, 0.2) is 36.7 Å². The molecule has 1 aliphatic heterocycles. The monoisotopic (exact) mass is 479 g/mol. The van der Waals surface area contributed by atoms with Crippen LogP contribution in [0.1, 0.15) is 59.3 Å². The average Bonchev–Trinajstić information content (AvgIpc) is 3.17. The number of esters is 1. The molecule has 1 aromatic heterocycles. The molecule has 7 heteroatoms. The molecule has 3 fully saturated rings. The SMILES string of the molecule is CC(=O)OC(C(=O)Nc1cccnc1)[C@H]1CC[C@H]2C3CC[C@H]4N(C)C(=O)C=C[C@]4(C)C3CC[C@]12C. The Hall–Kier alpha value is -2.70. The maximum absolute atomic E-state index is 13.4. The number of anilines is 1. The summed E-state index contributed by atoms with van der Waals surface area (Å²) in [6, 6.07) is 3.81. The molecule has 35 heavy (non-hydrogen) atoms. The molecule has 3 unspecified atom stereocenters. The van der Waals surface area contributed by atoms with Gasteiger partial charge in [0.2, 0.25) is 5.91 Å². The van der Waals surface area contributed by atoms with Crippen LogP contribution >= 0.6 is 0 Å². The zero-order chi connectivity index (χ0) is 25.0. The lowest BCUT2D eigenvalue weighted by Crippen LogP contribution is -2.60. The van der Waals surface area contributed by atoms with Crippen molar-refractivity contribution in [2.75, 3.05) is 12.4 Å². The quantitative estimate of drug-likeness (QED) is 0.654. The molecule has 188 valence electrons. The van der Waals surface area contributed by atoms with Gasteiger partial charge in [-0.05, 0) is 79.9 Å². The normalized spacial score (nSPS) is 38.7. The summed E-state index contributed by atoms with van der Waals surface area (Å²) in [5.41, 5.74) is 0.515. The molecule has 1 aromatic rings. The Morgan fingerprint density at radius 1 is 1.17 bits per heavy atom. The van der Waals surface area contributed by atoms with Crippen molar-refractivity contribution < 1.29 is 19.1 Å². The van der Waals surface area contributed by atoms with Crippen molar-refractivity contribution in [1.82, 2.24) is 9.88 Å². The molecule has 3 aliphatic carbocycles. The van der Waals surface area contributed by atoms with Gasteiger partial charge in [-0.2, -0.15) is 0 Å². The average molecular weight is 480 g/mol. The number of likely N-dealkylation sites (N-methyl/N-ethyl adjacent to an activating group) is 1. The van der Waals surface area contributed by atoms with Gasteiger partial charge >= 0.3 is 5.97 Å². The smallest absolute Gasteiger partial charge is 0.303 e. The van der Waals surface area contributed by atoms with Gasteiger partial charge in [-0.3, -0.25) is 19.4 Å². The summed E-state index contributed by atoms with van der Waals surface area (Å²) in [6.45, 7) is 6.04. The first-order valence-electron chi connectivity index (χ1n) is 13.0. The van der Waals surface area contributed by atoms with Gasteiger partial charge in [0.1, 0.15) is 0 Å². The molecule has 0 bridgehead atoms. The van der Waals surface area contributed by atoms with Crippen LogP contribution in [0.3, 0.4) is 0 Å². The first kappa shape index (κ1) is 24.0. The minimum absolute atomic E-state index is 0.0159. The van der Waals surface area contributed by atoms with E-state index in [4.69, 9.17) is 4.74 Å². The minimum atomic E-state index is -0.815. The molecule has 3 saturated carbocycles. The van der Waals surface area contributed by atoms with Crippen molar-refractivity contribution >= 4 is 23.5 Å². The van der Waals surface area contributed by atoms with E-state index >= 15 is 0 Å². The fourth-order valence-corrected chi connectivity index (χ4v) is 8.42. The number of nitrogens with one attached hydrogen (secondary N) is 1. The van der Waals surface area contributed by atoms with Crippen molar-refractivity contribution in [3.05, 3.63) is 36.7 Å². The topological polar surface area (TPSA) is 88.6 Å². The third kappa shape index (κ3) is 3.87. The van der Waals surface area contributed by atoms with Crippen LogP contribution < -0.4 is 5.32 Å². The number of hydrogen-bond acceptors (Lipinski definition) is 5. The standard InChI is InChI=1S/C28H37N3O4/c1-17(32)35-25(26(34)30-18-6-5-15-29-16-18)22-9-8-20-19-7-10-23-28(3,14-12-24(33)31(23)4)21(19)11-13-27(20,22)2/h5-6,12,14-16,19-23,25H,7-11,13H2,1-4H3,(H,30,34)/t19?,20-,21?,22+,23+,25?,27-,28+/m0/s1. The van der Waals surface area contributed by atoms with Gasteiger partial charge in [-0.25, -0.2) is 0 Å². The van der Waals surface area contributed by atoms with E-state index in [-0.39, 0.29) is 34.6 Å². The number of rotatable bonds is 4. The molecule has 0 aromatic carbocycles. The van der Waals surface area contributed by atoms with Crippen LogP contribution in [0, 0.1) is 34.5 Å². The molecule has 7 nitrogen and oxygen atoms in total. The number of fused-ring (bicyclic) bond motifs is 5. The number of aromatic nitrogens is 1. The molecule has 0 spiro atoms. The van der Waals surface area contributed by atoms with Gasteiger partial charge in [-0.1, -0.05) is 19.9 Å². The third-order valence-corrected chi connectivity index (χ3v) is 10.0.